The molecule has 4 aromatic rings. The maximum atomic E-state index is 14.3. The molecule has 0 saturated carbocycles. The molecule has 35 heavy (non-hydrogen) atoms. The minimum atomic E-state index is -0.628. The number of amides is 2. The third-order valence-corrected chi connectivity index (χ3v) is 7.00. The van der Waals surface area contributed by atoms with Gasteiger partial charge in [0.15, 0.2) is 11.6 Å². The van der Waals surface area contributed by atoms with E-state index in [1.54, 1.807) is 36.2 Å². The quantitative estimate of drug-likeness (QED) is 0.391. The van der Waals surface area contributed by atoms with Crippen LogP contribution in [0.3, 0.4) is 0 Å². The molecule has 0 bridgehead atoms. The molecule has 5 rings (SSSR count). The Morgan fingerprint density at radius 1 is 1.06 bits per heavy atom. The van der Waals surface area contributed by atoms with Crippen molar-refractivity contribution < 1.29 is 18.4 Å². The van der Waals surface area contributed by atoms with Crippen LogP contribution in [0.2, 0.25) is 0 Å². The molecule has 6 nitrogen and oxygen atoms in total. The smallest absolute Gasteiger partial charge is 0.266 e. The van der Waals surface area contributed by atoms with Gasteiger partial charge in [-0.2, -0.15) is 0 Å². The highest BCUT2D eigenvalue weighted by Gasteiger charge is 2.28. The second-order valence-corrected chi connectivity index (χ2v) is 9.00. The van der Waals surface area contributed by atoms with Crippen molar-refractivity contribution in [2.75, 3.05) is 29.1 Å². The molecule has 2 aromatic carbocycles. The number of halogens is 2. The zero-order valence-corrected chi connectivity index (χ0v) is 19.5. The lowest BCUT2D eigenvalue weighted by Crippen LogP contribution is -2.32. The summed E-state index contributed by atoms with van der Waals surface area (Å²) >= 11 is 1.21. The van der Waals surface area contributed by atoms with E-state index in [2.05, 4.69) is 15.6 Å². The Balaban J connectivity index is 1.50. The van der Waals surface area contributed by atoms with Crippen molar-refractivity contribution in [2.24, 2.45) is 0 Å². The number of nitrogens with zero attached hydrogens (tertiary/aromatic N) is 2. The maximum Gasteiger partial charge on any atom is 0.266 e. The fourth-order valence-electron chi connectivity index (χ4n) is 4.02. The summed E-state index contributed by atoms with van der Waals surface area (Å²) in [7, 11) is 1.80. The largest absolute Gasteiger partial charge is 0.388 e. The first-order valence-electron chi connectivity index (χ1n) is 10.9. The van der Waals surface area contributed by atoms with E-state index in [-0.39, 0.29) is 11.7 Å². The number of rotatable bonds is 4. The molecule has 0 aliphatic carbocycles. The Morgan fingerprint density at radius 2 is 1.86 bits per heavy atom. The zero-order chi connectivity index (χ0) is 24.5. The van der Waals surface area contributed by atoms with Gasteiger partial charge in [0, 0.05) is 41.5 Å². The normalized spacial score (nSPS) is 12.4. The molecule has 176 valence electrons. The van der Waals surface area contributed by atoms with E-state index in [1.165, 1.54) is 41.8 Å². The molecule has 0 atom stereocenters. The van der Waals surface area contributed by atoms with E-state index >= 15 is 0 Å². The molecular weight excluding hydrogens is 470 g/mol. The molecule has 2 aromatic heterocycles. The van der Waals surface area contributed by atoms with Gasteiger partial charge in [-0.1, -0.05) is 0 Å². The van der Waals surface area contributed by atoms with Crippen LogP contribution in [-0.4, -0.2) is 30.4 Å². The fourth-order valence-corrected chi connectivity index (χ4v) is 5.16. The Bertz CT molecular complexity index is 1440. The van der Waals surface area contributed by atoms with Gasteiger partial charge in [0.2, 0.25) is 0 Å². The second-order valence-electron chi connectivity index (χ2n) is 7.95. The fraction of sp³-hybridized carbons (Fsp3) is 0.115. The zero-order valence-electron chi connectivity index (χ0n) is 18.6. The van der Waals surface area contributed by atoms with Crippen LogP contribution in [-0.2, 0) is 6.42 Å². The van der Waals surface area contributed by atoms with Crippen molar-refractivity contribution in [3.63, 3.8) is 0 Å². The first kappa shape index (κ1) is 22.7. The molecule has 1 aliphatic heterocycles. The van der Waals surface area contributed by atoms with Crippen molar-refractivity contribution in [3.8, 4) is 10.4 Å². The Hall–Kier alpha value is -4.11. The molecule has 0 saturated heterocycles. The number of anilines is 3. The van der Waals surface area contributed by atoms with Crippen LogP contribution in [0.5, 0.6) is 0 Å². The van der Waals surface area contributed by atoms with E-state index in [9.17, 15) is 18.4 Å². The summed E-state index contributed by atoms with van der Waals surface area (Å²) in [5.41, 5.74) is 3.32. The van der Waals surface area contributed by atoms with Gasteiger partial charge < -0.3 is 15.5 Å². The third-order valence-electron chi connectivity index (χ3n) is 5.79. The van der Waals surface area contributed by atoms with E-state index in [0.29, 0.717) is 34.7 Å². The third kappa shape index (κ3) is 4.38. The molecule has 2 amide bonds. The first-order chi connectivity index (χ1) is 16.9. The van der Waals surface area contributed by atoms with E-state index in [1.807, 2.05) is 12.1 Å². The van der Waals surface area contributed by atoms with Gasteiger partial charge in [-0.25, -0.2) is 13.8 Å². The molecule has 2 N–H and O–H groups in total. The predicted octanol–water partition coefficient (Wildman–Crippen LogP) is 5.59. The van der Waals surface area contributed by atoms with Crippen molar-refractivity contribution in [3.05, 3.63) is 94.5 Å². The number of fused-ring (bicyclic) bond motifs is 3. The van der Waals surface area contributed by atoms with Crippen LogP contribution in [0, 0.1) is 11.6 Å². The number of carbonyl (C=O) groups is 2. The molecule has 0 spiro atoms. The van der Waals surface area contributed by atoms with E-state index in [0.717, 1.165) is 16.1 Å². The summed E-state index contributed by atoms with van der Waals surface area (Å²) in [5, 5.41) is 5.51. The molecular formula is C26H20F2N4O2S. The standard InChI is InChI=1S/C26H20F2N4O2S/c1-29-18-7-4-15(5-8-18)26(34)32-12-10-16-13-22(25(33)31-24-20(28)3-2-11-30-24)35-23(16)19-9-6-17(27)14-21(19)32/h2-9,11,13-14,29H,10,12H2,1H3,(H,30,31,33). The number of carbonyl (C=O) groups excluding carboxylic acids is 2. The Kier molecular flexibility index (Phi) is 6.00. The maximum absolute atomic E-state index is 14.3. The minimum Gasteiger partial charge on any atom is -0.388 e. The number of pyridine rings is 1. The molecule has 3 heterocycles. The number of hydrogen-bond acceptors (Lipinski definition) is 5. The average Bonchev–Trinajstić information content (AvgIpc) is 3.23. The van der Waals surface area contributed by atoms with Crippen LogP contribution in [0.25, 0.3) is 10.4 Å². The van der Waals surface area contributed by atoms with E-state index in [4.69, 9.17) is 0 Å². The highest BCUT2D eigenvalue weighted by atomic mass is 32.1. The van der Waals surface area contributed by atoms with Gasteiger partial charge >= 0.3 is 0 Å². The van der Waals surface area contributed by atoms with Gasteiger partial charge in [-0.3, -0.25) is 9.59 Å². The number of aromatic nitrogens is 1. The van der Waals surface area contributed by atoms with Crippen LogP contribution in [0.1, 0.15) is 25.6 Å². The number of nitrogens with one attached hydrogen (secondary N) is 2. The number of benzene rings is 2. The first-order valence-corrected chi connectivity index (χ1v) is 11.7. The summed E-state index contributed by atoms with van der Waals surface area (Å²) in [4.78, 5) is 32.8. The lowest BCUT2D eigenvalue weighted by Gasteiger charge is -2.23. The van der Waals surface area contributed by atoms with Gasteiger partial charge in [0.1, 0.15) is 5.82 Å². The Morgan fingerprint density at radius 3 is 2.60 bits per heavy atom. The molecule has 0 unspecified atom stereocenters. The van der Waals surface area contributed by atoms with Gasteiger partial charge in [-0.15, -0.1) is 11.3 Å². The average molecular weight is 491 g/mol. The van der Waals surface area contributed by atoms with Gasteiger partial charge in [-0.05, 0) is 72.6 Å². The van der Waals surface area contributed by atoms with Gasteiger partial charge in [0.25, 0.3) is 11.8 Å². The van der Waals surface area contributed by atoms with Gasteiger partial charge in [0.05, 0.1) is 10.6 Å². The minimum absolute atomic E-state index is 0.148. The predicted molar refractivity (Wildman–Crippen MR) is 133 cm³/mol. The number of thiophene rings is 1. The molecule has 0 radical (unpaired) electrons. The van der Waals surface area contributed by atoms with Crippen LogP contribution in [0.4, 0.5) is 26.0 Å². The molecule has 9 heteroatoms. The summed E-state index contributed by atoms with van der Waals surface area (Å²) in [5.74, 6) is -1.96. The lowest BCUT2D eigenvalue weighted by molar-refractivity contribution is 0.0985. The van der Waals surface area contributed by atoms with E-state index < -0.39 is 17.5 Å². The highest BCUT2D eigenvalue weighted by molar-refractivity contribution is 7.17. The monoisotopic (exact) mass is 490 g/mol. The van der Waals surface area contributed by atoms with Crippen LogP contribution in [0.15, 0.2) is 66.9 Å². The second kappa shape index (κ2) is 9.27. The topological polar surface area (TPSA) is 74.3 Å². The van der Waals surface area contributed by atoms with Crippen LogP contribution >= 0.6 is 11.3 Å². The summed E-state index contributed by atoms with van der Waals surface area (Å²) in [6.07, 6.45) is 1.86. The highest BCUT2D eigenvalue weighted by Crippen LogP contribution is 2.42. The SMILES string of the molecule is CNc1ccc(C(=O)N2CCc3cc(C(=O)Nc4ncccc4F)sc3-c3ccc(F)cc32)cc1. The van der Waals surface area contributed by atoms with Crippen LogP contribution < -0.4 is 15.5 Å². The van der Waals surface area contributed by atoms with Crippen molar-refractivity contribution in [1.82, 2.24) is 4.98 Å². The van der Waals surface area contributed by atoms with Crippen molar-refractivity contribution in [1.29, 1.82) is 0 Å². The summed E-state index contributed by atoms with van der Waals surface area (Å²) in [6, 6.07) is 15.8. The number of hydrogen-bond donors (Lipinski definition) is 2. The molecule has 1 aliphatic rings. The van der Waals surface area contributed by atoms with Crippen molar-refractivity contribution >= 4 is 40.3 Å². The van der Waals surface area contributed by atoms with Crippen molar-refractivity contribution in [2.45, 2.75) is 6.42 Å². The summed E-state index contributed by atoms with van der Waals surface area (Å²) < 4.78 is 28.2. The molecule has 0 fully saturated rings. The Labute approximate surface area is 204 Å². The summed E-state index contributed by atoms with van der Waals surface area (Å²) in [6.45, 7) is 0.308. The lowest BCUT2D eigenvalue weighted by atomic mass is 10.1.